The van der Waals surface area contributed by atoms with E-state index in [1.54, 1.807) is 23.3 Å². The van der Waals surface area contributed by atoms with Gasteiger partial charge in [0.05, 0.1) is 30.1 Å². The summed E-state index contributed by atoms with van der Waals surface area (Å²) in [5.74, 6) is 1.54. The summed E-state index contributed by atoms with van der Waals surface area (Å²) in [4.78, 5) is 29.8. The summed E-state index contributed by atoms with van der Waals surface area (Å²) in [6.07, 6.45) is 0.950. The average molecular weight is 374 g/mol. The van der Waals surface area contributed by atoms with Crippen LogP contribution in [0.4, 0.5) is 0 Å². The fourth-order valence-electron chi connectivity index (χ4n) is 3.55. The third-order valence-corrected chi connectivity index (χ3v) is 5.99. The fourth-order valence-corrected chi connectivity index (χ4v) is 4.24. The number of aryl methyl sites for hydroxylation is 1. The van der Waals surface area contributed by atoms with Crippen molar-refractivity contribution in [2.45, 2.75) is 18.9 Å². The average Bonchev–Trinajstić information content (AvgIpc) is 3.26. The largest absolute Gasteiger partial charge is 0.460 e. The van der Waals surface area contributed by atoms with Crippen LogP contribution in [-0.4, -0.2) is 61.0 Å². The summed E-state index contributed by atoms with van der Waals surface area (Å²) in [6, 6.07) is 7.83. The molecule has 0 aromatic carbocycles. The highest BCUT2D eigenvalue weighted by atomic mass is 32.1. The summed E-state index contributed by atoms with van der Waals surface area (Å²) < 4.78 is 11.4. The van der Waals surface area contributed by atoms with Gasteiger partial charge in [-0.3, -0.25) is 9.59 Å². The predicted octanol–water partition coefficient (Wildman–Crippen LogP) is 2.26. The van der Waals surface area contributed by atoms with Crippen molar-refractivity contribution in [3.05, 3.63) is 35.4 Å². The molecule has 7 heteroatoms. The molecule has 0 N–H and O–H groups in total. The van der Waals surface area contributed by atoms with Gasteiger partial charge in [-0.15, -0.1) is 11.3 Å². The molecule has 4 rings (SSSR count). The Kier molecular flexibility index (Phi) is 4.82. The molecular weight excluding hydrogens is 352 g/mol. The summed E-state index contributed by atoms with van der Waals surface area (Å²) >= 11 is 1.63. The number of carbonyl (C=O) groups excluding carboxylic acids is 2. The summed E-state index contributed by atoms with van der Waals surface area (Å²) in [6.45, 7) is 1.87. The lowest BCUT2D eigenvalue weighted by Gasteiger charge is -2.29. The van der Waals surface area contributed by atoms with Crippen LogP contribution in [0.5, 0.6) is 0 Å². The first-order valence-corrected chi connectivity index (χ1v) is 9.74. The van der Waals surface area contributed by atoms with Crippen LogP contribution in [0.25, 0.3) is 10.6 Å². The van der Waals surface area contributed by atoms with Crippen molar-refractivity contribution in [3.8, 4) is 10.6 Å². The number of ether oxygens (including phenoxy) is 1. The number of likely N-dealkylation sites (N-methyl/N-ethyl adjacent to an activating group) is 1. The van der Waals surface area contributed by atoms with E-state index in [2.05, 4.69) is 0 Å². The molecule has 2 aliphatic rings. The number of hydrogen-bond acceptors (Lipinski definition) is 5. The second-order valence-corrected chi connectivity index (χ2v) is 7.83. The number of hydrogen-bond donors (Lipinski definition) is 0. The Labute approximate surface area is 156 Å². The first-order valence-electron chi connectivity index (χ1n) is 8.86. The number of carbonyl (C=O) groups is 2. The molecule has 0 radical (unpaired) electrons. The van der Waals surface area contributed by atoms with Gasteiger partial charge >= 0.3 is 0 Å². The molecule has 138 valence electrons. The van der Waals surface area contributed by atoms with E-state index >= 15 is 0 Å². The third-order valence-electron chi connectivity index (χ3n) is 5.11. The monoisotopic (exact) mass is 374 g/mol. The molecule has 6 nitrogen and oxygen atoms in total. The second kappa shape index (κ2) is 7.25. The number of thiophene rings is 1. The highest BCUT2D eigenvalue weighted by molar-refractivity contribution is 7.13. The molecule has 0 aliphatic carbocycles. The first-order chi connectivity index (χ1) is 12.6. The van der Waals surface area contributed by atoms with Gasteiger partial charge in [-0.1, -0.05) is 6.07 Å². The molecule has 2 fully saturated rings. The van der Waals surface area contributed by atoms with Crippen LogP contribution >= 0.6 is 11.3 Å². The zero-order valence-electron chi connectivity index (χ0n) is 14.7. The van der Waals surface area contributed by atoms with Crippen molar-refractivity contribution >= 4 is 23.2 Å². The zero-order chi connectivity index (χ0) is 18.1. The van der Waals surface area contributed by atoms with Crippen LogP contribution in [0.15, 0.2) is 34.1 Å². The van der Waals surface area contributed by atoms with Crippen LogP contribution in [0.1, 0.15) is 12.2 Å². The molecule has 2 aromatic heterocycles. The zero-order valence-corrected chi connectivity index (χ0v) is 15.5. The van der Waals surface area contributed by atoms with Gasteiger partial charge in [0.2, 0.25) is 11.8 Å². The Hall–Kier alpha value is -2.12. The molecule has 2 aliphatic heterocycles. The van der Waals surface area contributed by atoms with Gasteiger partial charge in [0, 0.05) is 33.0 Å². The maximum Gasteiger partial charge on any atom is 0.229 e. The van der Waals surface area contributed by atoms with Gasteiger partial charge in [0.1, 0.15) is 11.5 Å². The molecule has 2 aromatic rings. The fraction of sp³-hybridized carbons (Fsp3) is 0.474. The Morgan fingerprint density at radius 1 is 1.27 bits per heavy atom. The number of rotatable bonds is 4. The molecule has 2 atom stereocenters. The number of furan rings is 1. The van der Waals surface area contributed by atoms with E-state index in [0.29, 0.717) is 39.1 Å². The molecule has 2 saturated heterocycles. The normalized spacial score (nSPS) is 23.2. The Balaban J connectivity index is 1.38. The lowest BCUT2D eigenvalue weighted by molar-refractivity contribution is -0.134. The maximum atomic E-state index is 12.7. The topological polar surface area (TPSA) is 63.0 Å². The molecule has 2 amide bonds. The highest BCUT2D eigenvalue weighted by Gasteiger charge is 2.38. The van der Waals surface area contributed by atoms with Crippen LogP contribution in [0, 0.1) is 5.92 Å². The van der Waals surface area contributed by atoms with Crippen molar-refractivity contribution in [3.63, 3.8) is 0 Å². The van der Waals surface area contributed by atoms with E-state index in [1.807, 2.05) is 34.5 Å². The number of fused-ring (bicyclic) bond motifs is 3. The minimum absolute atomic E-state index is 0.0620. The van der Waals surface area contributed by atoms with Crippen LogP contribution in [0.3, 0.4) is 0 Å². The lowest BCUT2D eigenvalue weighted by atomic mass is 10.1. The van der Waals surface area contributed by atoms with E-state index < -0.39 is 0 Å². The molecule has 0 saturated carbocycles. The highest BCUT2D eigenvalue weighted by Crippen LogP contribution is 2.27. The third kappa shape index (κ3) is 3.41. The minimum Gasteiger partial charge on any atom is -0.460 e. The van der Waals surface area contributed by atoms with E-state index in [-0.39, 0.29) is 23.8 Å². The van der Waals surface area contributed by atoms with Gasteiger partial charge in [0.15, 0.2) is 0 Å². The van der Waals surface area contributed by atoms with Gasteiger partial charge in [-0.05, 0) is 23.6 Å². The first kappa shape index (κ1) is 17.3. The van der Waals surface area contributed by atoms with Crippen molar-refractivity contribution in [2.75, 3.05) is 33.4 Å². The molecule has 0 unspecified atom stereocenters. The van der Waals surface area contributed by atoms with Crippen LogP contribution in [0.2, 0.25) is 0 Å². The van der Waals surface area contributed by atoms with E-state index in [0.717, 1.165) is 16.4 Å². The number of amides is 2. The molecule has 2 bridgehead atoms. The Bertz CT molecular complexity index is 785. The van der Waals surface area contributed by atoms with Crippen LogP contribution in [-0.2, 0) is 20.7 Å². The standard InChI is InChI=1S/C19H22N2O4S/c1-20-14-10-21(9-13(19(20)23)11-24-12-14)18(22)7-5-15-4-6-16(25-15)17-3-2-8-26-17/h2-4,6,8,13-14H,5,7,9-12H2,1H3/t13-,14+/m1/s1. The molecule has 26 heavy (non-hydrogen) atoms. The summed E-state index contributed by atoms with van der Waals surface area (Å²) in [7, 11) is 1.80. The van der Waals surface area contributed by atoms with Crippen molar-refractivity contribution in [1.29, 1.82) is 0 Å². The Morgan fingerprint density at radius 2 is 2.15 bits per heavy atom. The van der Waals surface area contributed by atoms with Crippen molar-refractivity contribution in [1.82, 2.24) is 9.80 Å². The van der Waals surface area contributed by atoms with Gasteiger partial charge < -0.3 is 19.0 Å². The minimum atomic E-state index is -0.259. The SMILES string of the molecule is CN1C(=O)[C@H]2COC[C@@H]1CN(C(=O)CCc1ccc(-c3cccs3)o1)C2. The smallest absolute Gasteiger partial charge is 0.229 e. The maximum absolute atomic E-state index is 12.7. The quantitative estimate of drug-likeness (QED) is 0.824. The van der Waals surface area contributed by atoms with Gasteiger partial charge in [-0.25, -0.2) is 0 Å². The molecule has 0 spiro atoms. The number of nitrogens with zero attached hydrogens (tertiary/aromatic N) is 2. The van der Waals surface area contributed by atoms with Gasteiger partial charge in [-0.2, -0.15) is 0 Å². The summed E-state index contributed by atoms with van der Waals surface area (Å²) in [5.41, 5.74) is 0. The van der Waals surface area contributed by atoms with E-state index in [9.17, 15) is 9.59 Å². The predicted molar refractivity (Wildman–Crippen MR) is 97.8 cm³/mol. The Morgan fingerprint density at radius 3 is 2.96 bits per heavy atom. The van der Waals surface area contributed by atoms with Gasteiger partial charge in [0.25, 0.3) is 0 Å². The van der Waals surface area contributed by atoms with Crippen LogP contribution < -0.4 is 0 Å². The summed E-state index contributed by atoms with van der Waals surface area (Å²) in [5, 5.41) is 2.01. The van der Waals surface area contributed by atoms with Crippen molar-refractivity contribution in [2.24, 2.45) is 5.92 Å². The van der Waals surface area contributed by atoms with Crippen molar-refractivity contribution < 1.29 is 18.7 Å². The second-order valence-electron chi connectivity index (χ2n) is 6.88. The molecular formula is C19H22N2O4S. The lowest BCUT2D eigenvalue weighted by Crippen LogP contribution is -2.45. The van der Waals surface area contributed by atoms with E-state index in [4.69, 9.17) is 9.15 Å². The molecule has 4 heterocycles. The van der Waals surface area contributed by atoms with E-state index in [1.165, 1.54) is 0 Å².